The second-order valence-corrected chi connectivity index (χ2v) is 4.04. The van der Waals surface area contributed by atoms with Crippen LogP contribution in [0.25, 0.3) is 0 Å². The number of ether oxygens (including phenoxy) is 1. The number of hydrogen-bond donors (Lipinski definition) is 2. The lowest BCUT2D eigenvalue weighted by atomic mass is 9.97. The van der Waals surface area contributed by atoms with Crippen LogP contribution in [-0.4, -0.2) is 31.0 Å². The van der Waals surface area contributed by atoms with Crippen molar-refractivity contribution < 1.29 is 13.9 Å². The highest BCUT2D eigenvalue weighted by Crippen LogP contribution is 2.16. The molecule has 0 saturated carbocycles. The fraction of sp³-hybridized carbons (Fsp3) is 0.636. The molecule has 0 aromatic heterocycles. The van der Waals surface area contributed by atoms with Gasteiger partial charge in [-0.3, -0.25) is 9.79 Å². The van der Waals surface area contributed by atoms with Crippen molar-refractivity contribution in [2.24, 2.45) is 16.5 Å². The second kappa shape index (κ2) is 7.01. The Balaban J connectivity index is 4.19. The van der Waals surface area contributed by atoms with Gasteiger partial charge in [0.1, 0.15) is 5.54 Å². The Labute approximate surface area is 101 Å². The topological polar surface area (TPSA) is 90.7 Å². The first-order chi connectivity index (χ1) is 7.79. The van der Waals surface area contributed by atoms with Gasteiger partial charge in [0.25, 0.3) is 0 Å². The van der Waals surface area contributed by atoms with E-state index in [4.69, 9.17) is 11.5 Å². The third-order valence-electron chi connectivity index (χ3n) is 2.19. The van der Waals surface area contributed by atoms with Crippen LogP contribution < -0.4 is 11.5 Å². The highest BCUT2D eigenvalue weighted by atomic mass is 19.1. The summed E-state index contributed by atoms with van der Waals surface area (Å²) < 4.78 is 17.8. The molecule has 98 valence electrons. The van der Waals surface area contributed by atoms with Crippen molar-refractivity contribution in [1.82, 2.24) is 0 Å². The fourth-order valence-electron chi connectivity index (χ4n) is 1.11. The van der Waals surface area contributed by atoms with E-state index in [9.17, 15) is 9.18 Å². The standard InChI is InChI=1S/C11H20FN3O2/c1-8(13)15-7-5-9(12)4-6-11(2,14)10(16)17-3/h5H,4,6-7,14H2,1-3H3,(H2,13,15)/b9-5+/t11-/m1/s1. The molecule has 17 heavy (non-hydrogen) atoms. The van der Waals surface area contributed by atoms with E-state index in [1.54, 1.807) is 6.92 Å². The molecule has 0 saturated heterocycles. The van der Waals surface area contributed by atoms with E-state index in [-0.39, 0.29) is 25.2 Å². The number of aliphatic imine (C=N–C) groups is 1. The van der Waals surface area contributed by atoms with Crippen LogP contribution in [0.2, 0.25) is 0 Å². The summed E-state index contributed by atoms with van der Waals surface area (Å²) in [6.07, 6.45) is 1.55. The Morgan fingerprint density at radius 2 is 2.18 bits per heavy atom. The molecule has 0 aromatic carbocycles. The molecule has 5 nitrogen and oxygen atoms in total. The van der Waals surface area contributed by atoms with Gasteiger partial charge < -0.3 is 16.2 Å². The highest BCUT2D eigenvalue weighted by Gasteiger charge is 2.29. The Bertz CT molecular complexity index is 321. The zero-order chi connectivity index (χ0) is 13.5. The summed E-state index contributed by atoms with van der Waals surface area (Å²) in [7, 11) is 1.25. The molecular formula is C11H20FN3O2. The fourth-order valence-corrected chi connectivity index (χ4v) is 1.11. The third-order valence-corrected chi connectivity index (χ3v) is 2.19. The van der Waals surface area contributed by atoms with E-state index >= 15 is 0 Å². The van der Waals surface area contributed by atoms with Gasteiger partial charge in [-0.1, -0.05) is 0 Å². The van der Waals surface area contributed by atoms with Gasteiger partial charge >= 0.3 is 5.97 Å². The molecular weight excluding hydrogens is 225 g/mol. The minimum absolute atomic E-state index is 0.0707. The molecule has 0 aromatic rings. The summed E-state index contributed by atoms with van der Waals surface area (Å²) in [4.78, 5) is 15.0. The lowest BCUT2D eigenvalue weighted by Crippen LogP contribution is -2.45. The summed E-state index contributed by atoms with van der Waals surface area (Å²) in [5.41, 5.74) is 9.80. The summed E-state index contributed by atoms with van der Waals surface area (Å²) in [6.45, 7) is 3.32. The average molecular weight is 245 g/mol. The molecule has 0 aliphatic heterocycles. The van der Waals surface area contributed by atoms with Gasteiger partial charge in [0.15, 0.2) is 0 Å². The van der Waals surface area contributed by atoms with Crippen molar-refractivity contribution in [3.8, 4) is 0 Å². The van der Waals surface area contributed by atoms with Crippen LogP contribution in [0, 0.1) is 0 Å². The van der Waals surface area contributed by atoms with Crippen molar-refractivity contribution in [2.45, 2.75) is 32.2 Å². The summed E-state index contributed by atoms with van der Waals surface area (Å²) in [5, 5.41) is 0. The predicted molar refractivity (Wildman–Crippen MR) is 65.2 cm³/mol. The molecule has 0 bridgehead atoms. The van der Waals surface area contributed by atoms with Crippen molar-refractivity contribution >= 4 is 11.8 Å². The van der Waals surface area contributed by atoms with Crippen LogP contribution in [0.3, 0.4) is 0 Å². The second-order valence-electron chi connectivity index (χ2n) is 4.04. The monoisotopic (exact) mass is 245 g/mol. The quantitative estimate of drug-likeness (QED) is 0.413. The number of carbonyl (C=O) groups excluding carboxylic acids is 1. The summed E-state index contributed by atoms with van der Waals surface area (Å²) >= 11 is 0. The van der Waals surface area contributed by atoms with Gasteiger partial charge in [0.2, 0.25) is 0 Å². The minimum Gasteiger partial charge on any atom is -0.468 e. The zero-order valence-electron chi connectivity index (χ0n) is 10.5. The number of amidine groups is 1. The molecule has 0 radical (unpaired) electrons. The molecule has 0 aliphatic rings. The number of halogens is 1. The van der Waals surface area contributed by atoms with Gasteiger partial charge in [-0.25, -0.2) is 4.39 Å². The predicted octanol–water partition coefficient (Wildman–Crippen LogP) is 0.887. The number of methoxy groups -OCH3 is 1. The van der Waals surface area contributed by atoms with E-state index < -0.39 is 11.5 Å². The average Bonchev–Trinajstić information content (AvgIpc) is 2.24. The van der Waals surface area contributed by atoms with Gasteiger partial charge in [-0.15, -0.1) is 0 Å². The van der Waals surface area contributed by atoms with Crippen LogP contribution in [0.15, 0.2) is 16.9 Å². The molecule has 1 atom stereocenters. The first kappa shape index (κ1) is 15.6. The third kappa shape index (κ3) is 6.68. The van der Waals surface area contributed by atoms with E-state index in [1.165, 1.54) is 20.1 Å². The number of carbonyl (C=O) groups is 1. The van der Waals surface area contributed by atoms with E-state index in [1.807, 2.05) is 0 Å². The van der Waals surface area contributed by atoms with Crippen LogP contribution in [0.4, 0.5) is 4.39 Å². The first-order valence-corrected chi connectivity index (χ1v) is 5.28. The van der Waals surface area contributed by atoms with Crippen molar-refractivity contribution in [2.75, 3.05) is 13.7 Å². The smallest absolute Gasteiger partial charge is 0.325 e. The lowest BCUT2D eigenvalue weighted by molar-refractivity contribution is -0.146. The number of rotatable bonds is 6. The van der Waals surface area contributed by atoms with E-state index in [0.29, 0.717) is 5.84 Å². The Morgan fingerprint density at radius 1 is 1.59 bits per heavy atom. The van der Waals surface area contributed by atoms with Gasteiger partial charge in [0, 0.05) is 6.42 Å². The molecule has 0 aliphatic carbocycles. The van der Waals surface area contributed by atoms with Crippen LogP contribution >= 0.6 is 0 Å². The number of esters is 1. The van der Waals surface area contributed by atoms with Crippen molar-refractivity contribution in [3.63, 3.8) is 0 Å². The number of allylic oxidation sites excluding steroid dienone is 1. The summed E-state index contributed by atoms with van der Waals surface area (Å²) in [6, 6.07) is 0. The van der Waals surface area contributed by atoms with Crippen LogP contribution in [0.5, 0.6) is 0 Å². The summed E-state index contributed by atoms with van der Waals surface area (Å²) in [5.74, 6) is -0.524. The van der Waals surface area contributed by atoms with Crippen LogP contribution in [0.1, 0.15) is 26.7 Å². The first-order valence-electron chi connectivity index (χ1n) is 5.28. The van der Waals surface area contributed by atoms with E-state index in [2.05, 4.69) is 9.73 Å². The molecule has 6 heteroatoms. The Hall–Kier alpha value is -1.43. The number of nitrogens with two attached hydrogens (primary N) is 2. The van der Waals surface area contributed by atoms with Gasteiger partial charge in [-0.05, 0) is 26.3 Å². The SMILES string of the molecule is COC(=O)[C@](C)(N)CC/C(F)=C\CN=C(C)N. The molecule has 0 rings (SSSR count). The van der Waals surface area contributed by atoms with Crippen molar-refractivity contribution in [1.29, 1.82) is 0 Å². The minimum atomic E-state index is -1.17. The maximum Gasteiger partial charge on any atom is 0.325 e. The maximum atomic E-state index is 13.3. The molecule has 0 unspecified atom stereocenters. The zero-order valence-corrected chi connectivity index (χ0v) is 10.5. The Morgan fingerprint density at radius 3 is 2.65 bits per heavy atom. The molecule has 0 fully saturated rings. The van der Waals surface area contributed by atoms with Gasteiger partial charge in [-0.2, -0.15) is 0 Å². The molecule has 0 amide bonds. The molecule has 4 N–H and O–H groups in total. The lowest BCUT2D eigenvalue weighted by Gasteiger charge is -2.20. The molecule has 0 spiro atoms. The molecule has 0 heterocycles. The van der Waals surface area contributed by atoms with E-state index in [0.717, 1.165) is 0 Å². The van der Waals surface area contributed by atoms with Crippen molar-refractivity contribution in [3.05, 3.63) is 11.9 Å². The number of hydrogen-bond acceptors (Lipinski definition) is 4. The normalized spacial score (nSPS) is 16.5. The largest absolute Gasteiger partial charge is 0.468 e. The van der Waals surface area contributed by atoms with Crippen LogP contribution in [-0.2, 0) is 9.53 Å². The Kier molecular flexibility index (Phi) is 6.42. The van der Waals surface area contributed by atoms with Gasteiger partial charge in [0.05, 0.1) is 25.3 Å². The maximum absolute atomic E-state index is 13.3. The highest BCUT2D eigenvalue weighted by molar-refractivity contribution is 5.79. The number of nitrogens with zero attached hydrogens (tertiary/aromatic N) is 1.